The predicted molar refractivity (Wildman–Crippen MR) is 90.1 cm³/mol. The van der Waals surface area contributed by atoms with E-state index in [0.29, 0.717) is 6.54 Å². The Morgan fingerprint density at radius 3 is 2.41 bits per heavy atom. The highest BCUT2D eigenvalue weighted by Gasteiger charge is 2.33. The standard InChI is InChI=1S/C16H26N2O3S/c1-17(2)12-9-18(10-13(12)19)8-11-6-15(21-4)16(22-5)7-14(11)20-3/h6-7,12-13,19H,8-10H2,1-5H3/t12-,13-/m0/s1. The molecule has 124 valence electrons. The van der Waals surface area contributed by atoms with Crippen LogP contribution < -0.4 is 9.47 Å². The normalized spacial score (nSPS) is 22.3. The zero-order chi connectivity index (χ0) is 16.3. The predicted octanol–water partition coefficient (Wildman–Crippen LogP) is 1.53. The second kappa shape index (κ2) is 7.55. The molecule has 1 N–H and O–H groups in total. The maximum absolute atomic E-state index is 10.2. The molecule has 0 aromatic heterocycles. The van der Waals surface area contributed by atoms with Gasteiger partial charge >= 0.3 is 0 Å². The number of rotatable bonds is 6. The molecule has 0 radical (unpaired) electrons. The summed E-state index contributed by atoms with van der Waals surface area (Å²) in [7, 11) is 7.40. The fourth-order valence-electron chi connectivity index (χ4n) is 2.94. The molecule has 0 unspecified atom stereocenters. The van der Waals surface area contributed by atoms with Gasteiger partial charge in [0.25, 0.3) is 0 Å². The number of methoxy groups -OCH3 is 2. The van der Waals surface area contributed by atoms with Crippen molar-refractivity contribution < 1.29 is 14.6 Å². The Morgan fingerprint density at radius 2 is 1.91 bits per heavy atom. The minimum Gasteiger partial charge on any atom is -0.496 e. The van der Waals surface area contributed by atoms with E-state index in [2.05, 4.69) is 9.80 Å². The molecule has 0 spiro atoms. The van der Waals surface area contributed by atoms with E-state index in [1.165, 1.54) is 0 Å². The van der Waals surface area contributed by atoms with Gasteiger partial charge in [0.15, 0.2) is 0 Å². The van der Waals surface area contributed by atoms with Crippen LogP contribution in [0.4, 0.5) is 0 Å². The van der Waals surface area contributed by atoms with Crippen molar-refractivity contribution in [3.63, 3.8) is 0 Å². The molecule has 2 rings (SSSR count). The average molecular weight is 326 g/mol. The molecule has 0 bridgehead atoms. The van der Waals surface area contributed by atoms with Gasteiger partial charge in [-0.2, -0.15) is 0 Å². The fraction of sp³-hybridized carbons (Fsp3) is 0.625. The Hall–Kier alpha value is -0.950. The third kappa shape index (κ3) is 3.68. The van der Waals surface area contributed by atoms with Crippen LogP contribution in [0, 0.1) is 0 Å². The van der Waals surface area contributed by atoms with Gasteiger partial charge in [0.2, 0.25) is 0 Å². The maximum atomic E-state index is 10.2. The lowest BCUT2D eigenvalue weighted by atomic mass is 10.1. The van der Waals surface area contributed by atoms with Gasteiger partial charge in [-0.3, -0.25) is 4.90 Å². The molecular weight excluding hydrogens is 300 g/mol. The lowest BCUT2D eigenvalue weighted by molar-refractivity contribution is 0.112. The SMILES string of the molecule is COc1cc(SC)c(OC)cc1CN1C[C@H](O)[C@@H](N(C)C)C1. The molecule has 1 aliphatic heterocycles. The first kappa shape index (κ1) is 17.4. The van der Waals surface area contributed by atoms with E-state index < -0.39 is 0 Å². The molecule has 1 fully saturated rings. The first-order chi connectivity index (χ1) is 10.5. The van der Waals surface area contributed by atoms with Crippen molar-refractivity contribution in [1.29, 1.82) is 0 Å². The minimum atomic E-state index is -0.312. The van der Waals surface area contributed by atoms with E-state index in [-0.39, 0.29) is 12.1 Å². The van der Waals surface area contributed by atoms with Crippen LogP contribution in [0.15, 0.2) is 17.0 Å². The van der Waals surface area contributed by atoms with Crippen LogP contribution in [0.2, 0.25) is 0 Å². The number of aliphatic hydroxyl groups excluding tert-OH is 1. The Bertz CT molecular complexity index is 510. The van der Waals surface area contributed by atoms with Crippen LogP contribution in [0.1, 0.15) is 5.56 Å². The van der Waals surface area contributed by atoms with E-state index in [0.717, 1.165) is 35.0 Å². The van der Waals surface area contributed by atoms with Crippen molar-refractivity contribution in [1.82, 2.24) is 9.80 Å². The van der Waals surface area contributed by atoms with Gasteiger partial charge in [0.1, 0.15) is 11.5 Å². The minimum absolute atomic E-state index is 0.179. The molecule has 0 saturated carbocycles. The fourth-order valence-corrected chi connectivity index (χ4v) is 3.51. The van der Waals surface area contributed by atoms with Gasteiger partial charge < -0.3 is 19.5 Å². The molecule has 1 aliphatic rings. The van der Waals surface area contributed by atoms with Gasteiger partial charge in [-0.05, 0) is 32.5 Å². The van der Waals surface area contributed by atoms with Crippen molar-refractivity contribution in [2.75, 3.05) is 47.7 Å². The second-order valence-electron chi connectivity index (χ2n) is 5.81. The van der Waals surface area contributed by atoms with Crippen LogP contribution >= 0.6 is 11.8 Å². The Kier molecular flexibility index (Phi) is 5.97. The van der Waals surface area contributed by atoms with Gasteiger partial charge in [-0.1, -0.05) is 0 Å². The van der Waals surface area contributed by atoms with Crippen LogP contribution in [0.5, 0.6) is 11.5 Å². The third-order valence-electron chi connectivity index (χ3n) is 4.18. The molecule has 1 aromatic carbocycles. The molecule has 0 amide bonds. The van der Waals surface area contributed by atoms with E-state index in [1.54, 1.807) is 26.0 Å². The third-order valence-corrected chi connectivity index (χ3v) is 4.94. The maximum Gasteiger partial charge on any atom is 0.132 e. The topological polar surface area (TPSA) is 45.2 Å². The summed E-state index contributed by atoms with van der Waals surface area (Å²) in [4.78, 5) is 5.40. The number of thioether (sulfide) groups is 1. The Labute approximate surface area is 137 Å². The van der Waals surface area contributed by atoms with Crippen LogP contribution in [-0.2, 0) is 6.54 Å². The molecule has 2 atom stereocenters. The molecule has 5 nitrogen and oxygen atoms in total. The quantitative estimate of drug-likeness (QED) is 0.800. The Balaban J connectivity index is 2.19. The summed E-state index contributed by atoms with van der Waals surface area (Å²) in [6.45, 7) is 2.28. The average Bonchev–Trinajstić information content (AvgIpc) is 2.87. The number of likely N-dealkylation sites (N-methyl/N-ethyl adjacent to an activating group) is 1. The monoisotopic (exact) mass is 326 g/mol. The summed E-state index contributed by atoms with van der Waals surface area (Å²) in [6, 6.07) is 4.24. The summed E-state index contributed by atoms with van der Waals surface area (Å²) in [5.74, 6) is 1.74. The number of aliphatic hydroxyl groups is 1. The van der Waals surface area contributed by atoms with Gasteiger partial charge in [0, 0.05) is 31.2 Å². The smallest absolute Gasteiger partial charge is 0.132 e. The number of ether oxygens (including phenoxy) is 2. The van der Waals surface area contributed by atoms with Crippen molar-refractivity contribution >= 4 is 11.8 Å². The van der Waals surface area contributed by atoms with E-state index in [1.807, 2.05) is 32.5 Å². The van der Waals surface area contributed by atoms with Crippen molar-refractivity contribution in [3.8, 4) is 11.5 Å². The number of benzene rings is 1. The molecule has 6 heteroatoms. The second-order valence-corrected chi connectivity index (χ2v) is 6.66. The molecule has 1 heterocycles. The summed E-state index contributed by atoms with van der Waals surface area (Å²) >= 11 is 1.64. The van der Waals surface area contributed by atoms with E-state index in [9.17, 15) is 5.11 Å². The van der Waals surface area contributed by atoms with E-state index >= 15 is 0 Å². The van der Waals surface area contributed by atoms with Crippen molar-refractivity contribution in [2.45, 2.75) is 23.6 Å². The van der Waals surface area contributed by atoms with Crippen molar-refractivity contribution in [2.24, 2.45) is 0 Å². The first-order valence-electron chi connectivity index (χ1n) is 7.35. The van der Waals surface area contributed by atoms with Crippen LogP contribution in [-0.4, -0.2) is 74.7 Å². The Morgan fingerprint density at radius 1 is 1.23 bits per heavy atom. The van der Waals surface area contributed by atoms with Crippen molar-refractivity contribution in [3.05, 3.63) is 17.7 Å². The zero-order valence-electron chi connectivity index (χ0n) is 14.0. The zero-order valence-corrected chi connectivity index (χ0v) is 14.8. The summed E-state index contributed by atoms with van der Waals surface area (Å²) < 4.78 is 11.0. The number of hydrogen-bond donors (Lipinski definition) is 1. The summed E-state index contributed by atoms with van der Waals surface area (Å²) in [6.07, 6.45) is 1.71. The highest BCUT2D eigenvalue weighted by atomic mass is 32.2. The molecule has 0 aliphatic carbocycles. The molecule has 22 heavy (non-hydrogen) atoms. The molecule has 1 saturated heterocycles. The highest BCUT2D eigenvalue weighted by Crippen LogP contribution is 2.35. The number of nitrogens with zero attached hydrogens (tertiary/aromatic N) is 2. The van der Waals surface area contributed by atoms with Crippen LogP contribution in [0.25, 0.3) is 0 Å². The largest absolute Gasteiger partial charge is 0.496 e. The van der Waals surface area contributed by atoms with Gasteiger partial charge in [-0.25, -0.2) is 0 Å². The summed E-state index contributed by atoms with van der Waals surface area (Å²) in [5.41, 5.74) is 1.09. The summed E-state index contributed by atoms with van der Waals surface area (Å²) in [5, 5.41) is 10.2. The lowest BCUT2D eigenvalue weighted by Crippen LogP contribution is -2.37. The number of hydrogen-bond acceptors (Lipinski definition) is 6. The highest BCUT2D eigenvalue weighted by molar-refractivity contribution is 7.98. The molecule has 1 aromatic rings. The van der Waals surface area contributed by atoms with Gasteiger partial charge in [0.05, 0.1) is 25.2 Å². The number of β-amino-alcohol motifs (C(OH)–C–C–N with tert-alkyl or cyclic N) is 1. The lowest BCUT2D eigenvalue weighted by Gasteiger charge is -2.22. The number of likely N-dealkylation sites (tertiary alicyclic amines) is 1. The van der Waals surface area contributed by atoms with E-state index in [4.69, 9.17) is 9.47 Å². The van der Waals surface area contributed by atoms with Crippen LogP contribution in [0.3, 0.4) is 0 Å². The first-order valence-corrected chi connectivity index (χ1v) is 8.58. The molecular formula is C16H26N2O3S. The van der Waals surface area contributed by atoms with Gasteiger partial charge in [-0.15, -0.1) is 11.8 Å².